The van der Waals surface area contributed by atoms with Gasteiger partial charge in [0.2, 0.25) is 0 Å². The van der Waals surface area contributed by atoms with Crippen molar-refractivity contribution in [1.29, 1.82) is 0 Å². The van der Waals surface area contributed by atoms with Crippen molar-refractivity contribution in [3.63, 3.8) is 0 Å². The summed E-state index contributed by atoms with van der Waals surface area (Å²) in [5.74, 6) is 0. The first-order valence-corrected chi connectivity index (χ1v) is 5.25. The molecule has 2 heterocycles. The Morgan fingerprint density at radius 1 is 1.61 bits per heavy atom. The van der Waals surface area contributed by atoms with Gasteiger partial charge >= 0.3 is 12.2 Å². The van der Waals surface area contributed by atoms with Crippen molar-refractivity contribution in [3.05, 3.63) is 33.1 Å². The first-order chi connectivity index (χ1) is 8.61. The lowest BCUT2D eigenvalue weighted by Crippen LogP contribution is -2.31. The molecule has 2 rings (SSSR count). The molecule has 1 radical (unpaired) electrons. The smallest absolute Gasteiger partial charge is 0.417 e. The molecular formula is C10H11N2O6. The minimum atomic E-state index is -0.859. The molecule has 8 nitrogen and oxygen atoms in total. The van der Waals surface area contributed by atoms with Crippen molar-refractivity contribution in [2.45, 2.75) is 24.9 Å². The van der Waals surface area contributed by atoms with Crippen LogP contribution >= 0.6 is 0 Å². The maximum Gasteiger partial charge on any atom is 0.417 e. The normalized spacial score (nSPS) is 27.1. The van der Waals surface area contributed by atoms with E-state index in [0.717, 1.165) is 4.57 Å². The molecule has 0 amide bonds. The summed E-state index contributed by atoms with van der Waals surface area (Å²) in [7, 11) is 0. The summed E-state index contributed by atoms with van der Waals surface area (Å²) in [6, 6.07) is 1.18. The van der Waals surface area contributed by atoms with Crippen LogP contribution in [0.2, 0.25) is 0 Å². The highest BCUT2D eigenvalue weighted by Gasteiger charge is 2.35. The molecule has 1 aromatic heterocycles. The number of H-pyrrole nitrogens is 1. The summed E-state index contributed by atoms with van der Waals surface area (Å²) in [4.78, 5) is 34.4. The number of ether oxygens (including phenoxy) is 2. The molecule has 2 N–H and O–H groups in total. The van der Waals surface area contributed by atoms with Crippen LogP contribution in [0.15, 0.2) is 21.9 Å². The number of rotatable bonds is 4. The molecule has 3 atom stereocenters. The molecule has 1 saturated heterocycles. The Hall–Kier alpha value is -1.93. The van der Waals surface area contributed by atoms with E-state index in [0.29, 0.717) is 0 Å². The third-order valence-electron chi connectivity index (χ3n) is 2.67. The standard InChI is InChI=1S/C10H11N2O6/c13-5-17-4-7-6(14)3-9(18-7)12-2-1-8(15)11-10(12)16/h1-2,6-7,9,14H,3-4H2,(H,11,15,16)/t6-,7+,9+/m0/s1. The summed E-state index contributed by atoms with van der Waals surface area (Å²) < 4.78 is 10.9. The number of hydrogen-bond donors (Lipinski definition) is 2. The van der Waals surface area contributed by atoms with Gasteiger partial charge in [-0.2, -0.15) is 0 Å². The highest BCUT2D eigenvalue weighted by Crippen LogP contribution is 2.27. The summed E-state index contributed by atoms with van der Waals surface area (Å²) >= 11 is 0. The van der Waals surface area contributed by atoms with E-state index in [1.807, 2.05) is 0 Å². The van der Waals surface area contributed by atoms with E-state index in [4.69, 9.17) is 4.74 Å². The molecule has 1 aliphatic heterocycles. The van der Waals surface area contributed by atoms with Crippen molar-refractivity contribution in [2.24, 2.45) is 0 Å². The average molecular weight is 255 g/mol. The van der Waals surface area contributed by atoms with Crippen LogP contribution in [0.5, 0.6) is 0 Å². The third kappa shape index (κ3) is 2.49. The molecule has 1 fully saturated rings. The van der Waals surface area contributed by atoms with Crippen LogP contribution in [0.1, 0.15) is 12.6 Å². The highest BCUT2D eigenvalue weighted by molar-refractivity contribution is 5.38. The van der Waals surface area contributed by atoms with Gasteiger partial charge in [-0.3, -0.25) is 14.3 Å². The number of aromatic amines is 1. The van der Waals surface area contributed by atoms with Gasteiger partial charge in [-0.25, -0.2) is 9.59 Å². The molecule has 0 saturated carbocycles. The second kappa shape index (κ2) is 5.15. The van der Waals surface area contributed by atoms with Crippen LogP contribution in [0, 0.1) is 0 Å². The van der Waals surface area contributed by atoms with Crippen LogP contribution in [-0.2, 0) is 14.3 Å². The molecular weight excluding hydrogens is 244 g/mol. The number of aliphatic hydroxyl groups is 1. The van der Waals surface area contributed by atoms with Crippen molar-refractivity contribution in [2.75, 3.05) is 6.61 Å². The van der Waals surface area contributed by atoms with E-state index >= 15 is 0 Å². The lowest BCUT2D eigenvalue weighted by atomic mass is 10.2. The molecule has 0 unspecified atom stereocenters. The minimum absolute atomic E-state index is 0.140. The molecule has 0 aromatic carbocycles. The molecule has 1 aliphatic rings. The van der Waals surface area contributed by atoms with E-state index in [-0.39, 0.29) is 13.0 Å². The van der Waals surface area contributed by atoms with Gasteiger partial charge in [-0.1, -0.05) is 0 Å². The lowest BCUT2D eigenvalue weighted by Gasteiger charge is -2.14. The second-order valence-electron chi connectivity index (χ2n) is 3.84. The summed E-state index contributed by atoms with van der Waals surface area (Å²) in [5, 5.41) is 9.67. The maximum absolute atomic E-state index is 11.5. The van der Waals surface area contributed by atoms with E-state index in [1.54, 1.807) is 0 Å². The lowest BCUT2D eigenvalue weighted by molar-refractivity contribution is -0.0435. The predicted molar refractivity (Wildman–Crippen MR) is 57.5 cm³/mol. The Labute approximate surface area is 101 Å². The molecule has 1 aromatic rings. The van der Waals surface area contributed by atoms with Gasteiger partial charge in [0.1, 0.15) is 18.9 Å². The topological polar surface area (TPSA) is 111 Å². The summed E-state index contributed by atoms with van der Waals surface area (Å²) in [6.45, 7) is 1.09. The van der Waals surface area contributed by atoms with Crippen LogP contribution in [0.4, 0.5) is 0 Å². The fourth-order valence-corrected chi connectivity index (χ4v) is 1.81. The zero-order valence-electron chi connectivity index (χ0n) is 9.24. The van der Waals surface area contributed by atoms with Gasteiger partial charge in [0.05, 0.1) is 6.10 Å². The fourth-order valence-electron chi connectivity index (χ4n) is 1.81. The molecule has 18 heavy (non-hydrogen) atoms. The molecule has 0 spiro atoms. The van der Waals surface area contributed by atoms with Crippen molar-refractivity contribution >= 4 is 6.47 Å². The molecule has 0 aliphatic carbocycles. The van der Waals surface area contributed by atoms with Crippen LogP contribution < -0.4 is 11.2 Å². The zero-order valence-corrected chi connectivity index (χ0v) is 9.24. The maximum atomic E-state index is 11.5. The van der Waals surface area contributed by atoms with Crippen LogP contribution in [0.25, 0.3) is 0 Å². The molecule has 97 valence electrons. The van der Waals surface area contributed by atoms with Crippen molar-refractivity contribution < 1.29 is 19.4 Å². The fraction of sp³-hybridized carbons (Fsp3) is 0.500. The SMILES string of the molecule is O=[C]OC[C@H]1O[C@@H](n2ccc(=O)[nH]c2=O)C[C@@H]1O. The van der Waals surface area contributed by atoms with Gasteiger partial charge < -0.3 is 14.6 Å². The van der Waals surface area contributed by atoms with Crippen molar-refractivity contribution in [1.82, 2.24) is 9.55 Å². The van der Waals surface area contributed by atoms with Gasteiger partial charge in [-0.15, -0.1) is 0 Å². The number of nitrogens with zero attached hydrogens (tertiary/aromatic N) is 1. The first kappa shape index (κ1) is 12.5. The van der Waals surface area contributed by atoms with E-state index in [9.17, 15) is 19.5 Å². The van der Waals surface area contributed by atoms with E-state index < -0.39 is 29.7 Å². The zero-order chi connectivity index (χ0) is 13.1. The van der Waals surface area contributed by atoms with Crippen LogP contribution in [0.3, 0.4) is 0 Å². The van der Waals surface area contributed by atoms with Gasteiger partial charge in [-0.05, 0) is 0 Å². The first-order valence-electron chi connectivity index (χ1n) is 5.25. The average Bonchev–Trinajstić information content (AvgIpc) is 2.68. The number of carbonyl (C=O) groups excluding carboxylic acids is 1. The Bertz CT molecular complexity index is 536. The van der Waals surface area contributed by atoms with Crippen molar-refractivity contribution in [3.8, 4) is 0 Å². The summed E-state index contributed by atoms with van der Waals surface area (Å²) in [5.41, 5.74) is -1.13. The largest absolute Gasteiger partial charge is 0.454 e. The number of hydrogen-bond acceptors (Lipinski definition) is 6. The number of aliphatic hydroxyl groups excluding tert-OH is 1. The monoisotopic (exact) mass is 255 g/mol. The highest BCUT2D eigenvalue weighted by atomic mass is 16.6. The molecule has 0 bridgehead atoms. The Balaban J connectivity index is 2.14. The van der Waals surface area contributed by atoms with Gasteiger partial charge in [0.15, 0.2) is 0 Å². The van der Waals surface area contributed by atoms with Gasteiger partial charge in [0.25, 0.3) is 5.56 Å². The van der Waals surface area contributed by atoms with E-state index in [2.05, 4.69) is 9.72 Å². The minimum Gasteiger partial charge on any atom is -0.454 e. The summed E-state index contributed by atoms with van der Waals surface area (Å²) in [6.07, 6.45) is -0.825. The number of aromatic nitrogens is 2. The Kier molecular flexibility index (Phi) is 3.58. The third-order valence-corrected chi connectivity index (χ3v) is 2.67. The quantitative estimate of drug-likeness (QED) is 0.661. The van der Waals surface area contributed by atoms with Gasteiger partial charge in [0, 0.05) is 18.7 Å². The Morgan fingerprint density at radius 3 is 3.06 bits per heavy atom. The van der Waals surface area contributed by atoms with E-state index in [1.165, 1.54) is 18.7 Å². The second-order valence-corrected chi connectivity index (χ2v) is 3.84. The Morgan fingerprint density at radius 2 is 2.39 bits per heavy atom. The predicted octanol–water partition coefficient (Wildman–Crippen LogP) is -1.73. The van der Waals surface area contributed by atoms with Crippen LogP contribution in [-0.4, -0.2) is 39.9 Å². The number of nitrogens with one attached hydrogen (secondary N) is 1. The molecule has 8 heteroatoms.